The first-order chi connectivity index (χ1) is 17.0. The molecule has 4 rings (SSSR count). The standard InChI is InChI=1S/C27H29N3O4S2/c1-17(2)30-24-14-11-21(15-25(24)35-27(30)32)28-26(31)16-29(23-8-6-7-19(4)20(23)5)36(33,34)22-12-9-18(3)10-13-22/h6-15,17H,16H2,1-5H3,(H,28,31). The number of carbonyl (C=O) groups excluding carboxylic acids is 1. The van der Waals surface area contributed by atoms with Gasteiger partial charge in [0.25, 0.3) is 10.0 Å². The largest absolute Gasteiger partial charge is 0.324 e. The van der Waals surface area contributed by atoms with Crippen molar-refractivity contribution in [3.63, 3.8) is 0 Å². The highest BCUT2D eigenvalue weighted by atomic mass is 32.2. The molecule has 7 nitrogen and oxygen atoms in total. The topological polar surface area (TPSA) is 88.5 Å². The van der Waals surface area contributed by atoms with Gasteiger partial charge in [-0.25, -0.2) is 8.42 Å². The van der Waals surface area contributed by atoms with Gasteiger partial charge in [0.1, 0.15) is 6.54 Å². The van der Waals surface area contributed by atoms with E-state index in [0.717, 1.165) is 42.5 Å². The fraction of sp³-hybridized carbons (Fsp3) is 0.259. The number of hydrogen-bond donors (Lipinski definition) is 1. The third-order valence-corrected chi connectivity index (χ3v) is 8.85. The Balaban J connectivity index is 1.68. The minimum Gasteiger partial charge on any atom is -0.324 e. The number of hydrogen-bond acceptors (Lipinski definition) is 5. The summed E-state index contributed by atoms with van der Waals surface area (Å²) >= 11 is 1.12. The molecule has 0 radical (unpaired) electrons. The maximum Gasteiger partial charge on any atom is 0.308 e. The Kier molecular flexibility index (Phi) is 7.06. The Morgan fingerprint density at radius 1 is 1.03 bits per heavy atom. The molecule has 4 aromatic rings. The number of nitrogens with zero attached hydrogens (tertiary/aromatic N) is 2. The van der Waals surface area contributed by atoms with Gasteiger partial charge in [0.15, 0.2) is 0 Å². The molecule has 0 saturated heterocycles. The molecular formula is C27H29N3O4S2. The number of carbonyl (C=O) groups is 1. The number of aromatic nitrogens is 1. The van der Waals surface area contributed by atoms with Crippen molar-refractivity contribution in [1.82, 2.24) is 4.57 Å². The van der Waals surface area contributed by atoms with Crippen molar-refractivity contribution in [2.45, 2.75) is 45.6 Å². The lowest BCUT2D eigenvalue weighted by molar-refractivity contribution is -0.114. The van der Waals surface area contributed by atoms with Crippen LogP contribution >= 0.6 is 11.3 Å². The van der Waals surface area contributed by atoms with Crippen LogP contribution in [0.5, 0.6) is 0 Å². The van der Waals surface area contributed by atoms with Crippen LogP contribution in [0.25, 0.3) is 10.2 Å². The zero-order valence-corrected chi connectivity index (χ0v) is 22.5. The van der Waals surface area contributed by atoms with Gasteiger partial charge in [-0.05, 0) is 82.1 Å². The lowest BCUT2D eigenvalue weighted by Crippen LogP contribution is -2.38. The fourth-order valence-electron chi connectivity index (χ4n) is 4.08. The first-order valence-electron chi connectivity index (χ1n) is 11.6. The third-order valence-electron chi connectivity index (χ3n) is 6.15. The van der Waals surface area contributed by atoms with E-state index < -0.39 is 22.5 Å². The zero-order valence-electron chi connectivity index (χ0n) is 20.9. The maximum absolute atomic E-state index is 13.7. The predicted octanol–water partition coefficient (Wildman–Crippen LogP) is 5.40. The number of benzene rings is 3. The van der Waals surface area contributed by atoms with E-state index in [1.54, 1.807) is 59.2 Å². The molecule has 1 heterocycles. The number of amides is 1. The van der Waals surface area contributed by atoms with Crippen LogP contribution in [0.15, 0.2) is 70.4 Å². The molecule has 188 valence electrons. The van der Waals surface area contributed by atoms with Gasteiger partial charge >= 0.3 is 4.87 Å². The lowest BCUT2D eigenvalue weighted by atomic mass is 10.1. The molecule has 0 bridgehead atoms. The van der Waals surface area contributed by atoms with Gasteiger partial charge in [0.05, 0.1) is 20.8 Å². The highest BCUT2D eigenvalue weighted by molar-refractivity contribution is 7.92. The van der Waals surface area contributed by atoms with Crippen molar-refractivity contribution in [1.29, 1.82) is 0 Å². The number of anilines is 2. The van der Waals surface area contributed by atoms with Gasteiger partial charge in [-0.15, -0.1) is 0 Å². The van der Waals surface area contributed by atoms with E-state index in [1.165, 1.54) is 0 Å². The second kappa shape index (κ2) is 9.91. The van der Waals surface area contributed by atoms with Crippen molar-refractivity contribution in [3.8, 4) is 0 Å². The molecule has 0 aliphatic rings. The summed E-state index contributed by atoms with van der Waals surface area (Å²) in [5, 5.41) is 2.81. The van der Waals surface area contributed by atoms with Gasteiger partial charge < -0.3 is 5.32 Å². The van der Waals surface area contributed by atoms with Crippen LogP contribution in [0, 0.1) is 20.8 Å². The van der Waals surface area contributed by atoms with Crippen LogP contribution in [0.2, 0.25) is 0 Å². The summed E-state index contributed by atoms with van der Waals surface area (Å²) in [6.07, 6.45) is 0. The van der Waals surface area contributed by atoms with Crippen molar-refractivity contribution < 1.29 is 13.2 Å². The summed E-state index contributed by atoms with van der Waals surface area (Å²) in [6, 6.07) is 17.2. The number of rotatable bonds is 7. The van der Waals surface area contributed by atoms with Crippen LogP contribution in [-0.4, -0.2) is 25.4 Å². The quantitative estimate of drug-likeness (QED) is 0.351. The molecule has 9 heteroatoms. The number of nitrogens with one attached hydrogen (secondary N) is 1. The third kappa shape index (κ3) is 4.94. The molecule has 1 aromatic heterocycles. The summed E-state index contributed by atoms with van der Waals surface area (Å²) in [5.41, 5.74) is 4.40. The average Bonchev–Trinajstić information content (AvgIpc) is 3.15. The monoisotopic (exact) mass is 523 g/mol. The van der Waals surface area contributed by atoms with Crippen LogP contribution in [-0.2, 0) is 14.8 Å². The lowest BCUT2D eigenvalue weighted by Gasteiger charge is -2.26. The van der Waals surface area contributed by atoms with Crippen molar-refractivity contribution in [2.24, 2.45) is 0 Å². The van der Waals surface area contributed by atoms with E-state index >= 15 is 0 Å². The van der Waals surface area contributed by atoms with Crippen molar-refractivity contribution in [3.05, 3.63) is 87.0 Å². The molecule has 0 unspecified atom stereocenters. The zero-order chi connectivity index (χ0) is 26.2. The molecule has 0 atom stereocenters. The first kappa shape index (κ1) is 25.7. The Morgan fingerprint density at radius 2 is 1.72 bits per heavy atom. The van der Waals surface area contributed by atoms with Gasteiger partial charge in [0.2, 0.25) is 5.91 Å². The predicted molar refractivity (Wildman–Crippen MR) is 147 cm³/mol. The van der Waals surface area contributed by atoms with E-state index in [2.05, 4.69) is 5.32 Å². The summed E-state index contributed by atoms with van der Waals surface area (Å²) in [4.78, 5) is 25.6. The van der Waals surface area contributed by atoms with E-state index in [4.69, 9.17) is 0 Å². The van der Waals surface area contributed by atoms with Gasteiger partial charge in [-0.2, -0.15) is 0 Å². The molecule has 0 spiro atoms. The number of fused-ring (bicyclic) bond motifs is 1. The Labute approximate surface area is 215 Å². The van der Waals surface area contributed by atoms with Crippen molar-refractivity contribution in [2.75, 3.05) is 16.2 Å². The van der Waals surface area contributed by atoms with E-state index in [-0.39, 0.29) is 15.8 Å². The minimum absolute atomic E-state index is 0.0183. The highest BCUT2D eigenvalue weighted by Gasteiger charge is 2.28. The molecule has 0 fully saturated rings. The molecule has 1 amide bonds. The highest BCUT2D eigenvalue weighted by Crippen LogP contribution is 2.29. The molecule has 0 aliphatic carbocycles. The smallest absolute Gasteiger partial charge is 0.308 e. The van der Waals surface area contributed by atoms with E-state index in [9.17, 15) is 18.0 Å². The second-order valence-electron chi connectivity index (χ2n) is 9.11. The molecule has 1 N–H and O–H groups in total. The normalized spacial score (nSPS) is 11.7. The number of aryl methyl sites for hydroxylation is 2. The number of sulfonamides is 1. The molecule has 3 aromatic carbocycles. The van der Waals surface area contributed by atoms with Crippen LogP contribution in [0.4, 0.5) is 11.4 Å². The Morgan fingerprint density at radius 3 is 2.39 bits per heavy atom. The summed E-state index contributed by atoms with van der Waals surface area (Å²) in [5.74, 6) is -0.485. The van der Waals surface area contributed by atoms with Crippen LogP contribution < -0.4 is 14.5 Å². The Bertz CT molecular complexity index is 1600. The summed E-state index contributed by atoms with van der Waals surface area (Å²) in [6.45, 7) is 9.12. The summed E-state index contributed by atoms with van der Waals surface area (Å²) < 4.78 is 31.0. The van der Waals surface area contributed by atoms with Crippen LogP contribution in [0.3, 0.4) is 0 Å². The number of thiazole rings is 1. The fourth-order valence-corrected chi connectivity index (χ4v) is 6.61. The van der Waals surface area contributed by atoms with Gasteiger partial charge in [-0.3, -0.25) is 18.5 Å². The molecular weight excluding hydrogens is 494 g/mol. The molecule has 0 aliphatic heterocycles. The van der Waals surface area contributed by atoms with Crippen molar-refractivity contribution >= 4 is 48.9 Å². The Hall–Kier alpha value is -3.43. The molecule has 0 saturated carbocycles. The summed E-state index contributed by atoms with van der Waals surface area (Å²) in [7, 11) is -4.01. The maximum atomic E-state index is 13.7. The molecule has 36 heavy (non-hydrogen) atoms. The van der Waals surface area contributed by atoms with Gasteiger partial charge in [-0.1, -0.05) is 41.2 Å². The van der Waals surface area contributed by atoms with E-state index in [0.29, 0.717) is 11.4 Å². The first-order valence-corrected chi connectivity index (χ1v) is 13.9. The SMILES string of the molecule is Cc1ccc(S(=O)(=O)N(CC(=O)Nc2ccc3c(c2)sc(=O)n3C(C)C)c2cccc(C)c2C)cc1. The average molecular weight is 524 g/mol. The van der Waals surface area contributed by atoms with E-state index in [1.807, 2.05) is 40.7 Å². The minimum atomic E-state index is -4.01. The van der Waals surface area contributed by atoms with Gasteiger partial charge in [0, 0.05) is 11.7 Å². The second-order valence-corrected chi connectivity index (χ2v) is 12.0. The van der Waals surface area contributed by atoms with Crippen LogP contribution in [0.1, 0.15) is 36.6 Å².